The molecule has 0 saturated heterocycles. The minimum atomic E-state index is -0.204. The summed E-state index contributed by atoms with van der Waals surface area (Å²) in [5.74, 6) is -0.0671. The average Bonchev–Trinajstić information content (AvgIpc) is 2.75. The van der Waals surface area contributed by atoms with E-state index in [1.807, 2.05) is 53.4 Å². The van der Waals surface area contributed by atoms with Crippen molar-refractivity contribution in [3.63, 3.8) is 0 Å². The minimum absolute atomic E-state index is 0.137. The van der Waals surface area contributed by atoms with Gasteiger partial charge in [0.15, 0.2) is 0 Å². The van der Waals surface area contributed by atoms with Crippen LogP contribution in [0.4, 0.5) is 11.4 Å². The molecule has 0 N–H and O–H groups in total. The number of hydrogen-bond donors (Lipinski definition) is 0. The number of para-hydroxylation sites is 2. The van der Waals surface area contributed by atoms with Gasteiger partial charge in [0, 0.05) is 17.9 Å². The molecular weight excluding hydrogens is 284 g/mol. The van der Waals surface area contributed by atoms with Crippen LogP contribution >= 0.6 is 0 Å². The number of aliphatic imine (C=N–C) groups is 1. The Kier molecular flexibility index (Phi) is 3.70. The third-order valence-corrected chi connectivity index (χ3v) is 4.71. The lowest BCUT2D eigenvalue weighted by molar-refractivity contribution is -0.117. The van der Waals surface area contributed by atoms with Crippen molar-refractivity contribution >= 4 is 23.0 Å². The summed E-state index contributed by atoms with van der Waals surface area (Å²) in [6, 6.07) is 18.0. The van der Waals surface area contributed by atoms with E-state index in [2.05, 4.69) is 6.07 Å². The van der Waals surface area contributed by atoms with Gasteiger partial charge in [-0.1, -0.05) is 42.8 Å². The van der Waals surface area contributed by atoms with Gasteiger partial charge in [0.05, 0.1) is 5.69 Å². The van der Waals surface area contributed by atoms with Crippen molar-refractivity contribution in [3.8, 4) is 0 Å². The summed E-state index contributed by atoms with van der Waals surface area (Å²) >= 11 is 0. The lowest BCUT2D eigenvalue weighted by atomic mass is 9.92. The van der Waals surface area contributed by atoms with Crippen LogP contribution in [0.1, 0.15) is 37.2 Å². The van der Waals surface area contributed by atoms with E-state index in [1.165, 1.54) is 6.42 Å². The van der Waals surface area contributed by atoms with Crippen molar-refractivity contribution in [1.29, 1.82) is 0 Å². The molecule has 1 unspecified atom stereocenters. The lowest BCUT2D eigenvalue weighted by Crippen LogP contribution is -2.28. The summed E-state index contributed by atoms with van der Waals surface area (Å²) in [6.07, 6.45) is 4.41. The summed E-state index contributed by atoms with van der Waals surface area (Å²) in [7, 11) is 0. The topological polar surface area (TPSA) is 32.7 Å². The van der Waals surface area contributed by atoms with Crippen LogP contribution in [-0.2, 0) is 4.79 Å². The van der Waals surface area contributed by atoms with Crippen LogP contribution < -0.4 is 4.90 Å². The number of anilines is 2. The Bertz CT molecular complexity index is 751. The lowest BCUT2D eigenvalue weighted by Gasteiger charge is -2.18. The smallest absolute Gasteiger partial charge is 0.244 e. The molecule has 0 saturated carbocycles. The fraction of sp³-hybridized carbons (Fsp3) is 0.300. The summed E-state index contributed by atoms with van der Waals surface area (Å²) in [5.41, 5.74) is 4.10. The Hall–Kier alpha value is -2.42. The molecule has 0 aromatic heterocycles. The average molecular weight is 304 g/mol. The van der Waals surface area contributed by atoms with Crippen LogP contribution in [0.3, 0.4) is 0 Å². The van der Waals surface area contributed by atoms with Crippen molar-refractivity contribution < 1.29 is 4.79 Å². The van der Waals surface area contributed by atoms with Crippen LogP contribution in [-0.4, -0.2) is 18.2 Å². The molecular formula is C20H20N2O. The quantitative estimate of drug-likeness (QED) is 0.806. The van der Waals surface area contributed by atoms with E-state index in [0.29, 0.717) is 0 Å². The molecule has 116 valence electrons. The van der Waals surface area contributed by atoms with Crippen LogP contribution in [0.25, 0.3) is 0 Å². The molecule has 1 atom stereocenters. The zero-order valence-corrected chi connectivity index (χ0v) is 13.1. The highest BCUT2D eigenvalue weighted by Crippen LogP contribution is 2.43. The van der Waals surface area contributed by atoms with E-state index in [0.717, 1.165) is 48.5 Å². The van der Waals surface area contributed by atoms with Gasteiger partial charge in [-0.2, -0.15) is 0 Å². The first-order valence-corrected chi connectivity index (χ1v) is 8.37. The molecule has 3 nitrogen and oxygen atoms in total. The largest absolute Gasteiger partial charge is 0.293 e. The molecule has 0 radical (unpaired) electrons. The molecule has 23 heavy (non-hydrogen) atoms. The zero-order chi connectivity index (χ0) is 15.6. The van der Waals surface area contributed by atoms with E-state index in [-0.39, 0.29) is 11.8 Å². The SMILES string of the molecule is O=C1C(C2=NCCCCC2)c2ccccc2N1c1ccccc1. The Morgan fingerprint density at radius 1 is 0.913 bits per heavy atom. The Morgan fingerprint density at radius 2 is 1.70 bits per heavy atom. The highest BCUT2D eigenvalue weighted by atomic mass is 16.2. The molecule has 0 spiro atoms. The maximum atomic E-state index is 13.2. The second kappa shape index (κ2) is 5.99. The van der Waals surface area contributed by atoms with Crippen molar-refractivity contribution in [2.24, 2.45) is 4.99 Å². The van der Waals surface area contributed by atoms with Gasteiger partial charge in [-0.25, -0.2) is 0 Å². The first kappa shape index (κ1) is 14.2. The number of benzene rings is 2. The van der Waals surface area contributed by atoms with Crippen molar-refractivity contribution in [3.05, 3.63) is 60.2 Å². The number of nitrogens with zero attached hydrogens (tertiary/aromatic N) is 2. The van der Waals surface area contributed by atoms with Crippen molar-refractivity contribution in [1.82, 2.24) is 0 Å². The van der Waals surface area contributed by atoms with E-state index >= 15 is 0 Å². The third-order valence-electron chi connectivity index (χ3n) is 4.71. The normalized spacial score (nSPS) is 20.9. The van der Waals surface area contributed by atoms with E-state index in [4.69, 9.17) is 4.99 Å². The van der Waals surface area contributed by atoms with Crippen LogP contribution in [0.5, 0.6) is 0 Å². The van der Waals surface area contributed by atoms with Crippen LogP contribution in [0.15, 0.2) is 59.6 Å². The predicted octanol–water partition coefficient (Wildman–Crippen LogP) is 4.46. The minimum Gasteiger partial charge on any atom is -0.293 e. The Balaban J connectivity index is 1.80. The predicted molar refractivity (Wildman–Crippen MR) is 93.5 cm³/mol. The van der Waals surface area contributed by atoms with E-state index in [1.54, 1.807) is 0 Å². The molecule has 4 rings (SSSR count). The molecule has 2 heterocycles. The fourth-order valence-electron chi connectivity index (χ4n) is 3.61. The van der Waals surface area contributed by atoms with Gasteiger partial charge in [-0.15, -0.1) is 0 Å². The standard InChI is InChI=1S/C20H20N2O/c23-20-19(17-12-5-2-8-14-21-17)16-11-6-7-13-18(16)22(20)15-9-3-1-4-10-15/h1,3-4,6-7,9-11,13,19H,2,5,8,12,14H2. The fourth-order valence-corrected chi connectivity index (χ4v) is 3.61. The molecule has 0 fully saturated rings. The highest BCUT2D eigenvalue weighted by Gasteiger charge is 2.40. The Morgan fingerprint density at radius 3 is 2.57 bits per heavy atom. The first-order chi connectivity index (χ1) is 11.4. The molecule has 2 aliphatic heterocycles. The van der Waals surface area contributed by atoms with Crippen LogP contribution in [0, 0.1) is 0 Å². The number of hydrogen-bond acceptors (Lipinski definition) is 2. The maximum absolute atomic E-state index is 13.2. The molecule has 0 bridgehead atoms. The van der Waals surface area contributed by atoms with E-state index in [9.17, 15) is 4.79 Å². The number of fused-ring (bicyclic) bond motifs is 1. The first-order valence-electron chi connectivity index (χ1n) is 8.37. The number of carbonyl (C=O) groups is 1. The molecule has 2 aromatic rings. The Labute approximate surface area is 136 Å². The maximum Gasteiger partial charge on any atom is 0.244 e. The zero-order valence-electron chi connectivity index (χ0n) is 13.1. The summed E-state index contributed by atoms with van der Waals surface area (Å²) in [6.45, 7) is 0.854. The molecule has 1 amide bonds. The van der Waals surface area contributed by atoms with Gasteiger partial charge in [-0.3, -0.25) is 14.7 Å². The van der Waals surface area contributed by atoms with Crippen molar-refractivity contribution in [2.45, 2.75) is 31.6 Å². The summed E-state index contributed by atoms with van der Waals surface area (Å²) < 4.78 is 0. The monoisotopic (exact) mass is 304 g/mol. The summed E-state index contributed by atoms with van der Waals surface area (Å²) in [4.78, 5) is 19.8. The van der Waals surface area contributed by atoms with E-state index < -0.39 is 0 Å². The van der Waals surface area contributed by atoms with Gasteiger partial charge in [0.2, 0.25) is 5.91 Å². The van der Waals surface area contributed by atoms with Gasteiger partial charge >= 0.3 is 0 Å². The highest BCUT2D eigenvalue weighted by molar-refractivity contribution is 6.22. The van der Waals surface area contributed by atoms with Crippen molar-refractivity contribution in [2.75, 3.05) is 11.4 Å². The van der Waals surface area contributed by atoms with Gasteiger partial charge in [0.1, 0.15) is 5.92 Å². The number of carbonyl (C=O) groups excluding carboxylic acids is 1. The van der Waals surface area contributed by atoms with Gasteiger partial charge in [-0.05, 0) is 43.0 Å². The molecule has 2 aromatic carbocycles. The second-order valence-corrected chi connectivity index (χ2v) is 6.18. The van der Waals surface area contributed by atoms with Crippen LogP contribution in [0.2, 0.25) is 0 Å². The van der Waals surface area contributed by atoms with Gasteiger partial charge in [0.25, 0.3) is 0 Å². The number of amides is 1. The molecule has 3 heteroatoms. The molecule has 2 aliphatic rings. The summed E-state index contributed by atoms with van der Waals surface area (Å²) in [5, 5.41) is 0. The molecule has 0 aliphatic carbocycles. The number of rotatable bonds is 2. The van der Waals surface area contributed by atoms with Gasteiger partial charge < -0.3 is 0 Å². The third kappa shape index (κ3) is 2.46. The second-order valence-electron chi connectivity index (χ2n) is 6.18.